The minimum atomic E-state index is -0.976. The van der Waals surface area contributed by atoms with Crippen molar-refractivity contribution in [2.75, 3.05) is 13.2 Å². The summed E-state index contributed by atoms with van der Waals surface area (Å²) in [7, 11) is 0. The van der Waals surface area contributed by atoms with E-state index in [1.54, 1.807) is 6.92 Å². The Hall–Kier alpha value is -1.58. The molecule has 0 aliphatic heterocycles. The van der Waals surface area contributed by atoms with Crippen LogP contribution in [0.4, 0.5) is 8.78 Å². The molecule has 0 bridgehead atoms. The van der Waals surface area contributed by atoms with Crippen molar-refractivity contribution in [1.82, 2.24) is 0 Å². The molecule has 1 aliphatic carbocycles. The van der Waals surface area contributed by atoms with Gasteiger partial charge in [0.25, 0.3) is 0 Å². The van der Waals surface area contributed by atoms with E-state index in [0.717, 1.165) is 25.7 Å². The SMILES string of the molecule is C/C=C/[C@H]1CC[C@H](COc2ccc(OCC)c(F)c2F)CC1. The van der Waals surface area contributed by atoms with Crippen LogP contribution in [0.25, 0.3) is 0 Å². The van der Waals surface area contributed by atoms with E-state index in [4.69, 9.17) is 9.47 Å². The normalized spacial score (nSPS) is 22.0. The number of hydrogen-bond acceptors (Lipinski definition) is 2. The number of benzene rings is 1. The molecule has 0 atom stereocenters. The van der Waals surface area contributed by atoms with Crippen LogP contribution in [0, 0.1) is 23.5 Å². The summed E-state index contributed by atoms with van der Waals surface area (Å²) in [6.07, 6.45) is 8.75. The molecular weight excluding hydrogens is 286 g/mol. The highest BCUT2D eigenvalue weighted by molar-refractivity contribution is 5.35. The lowest BCUT2D eigenvalue weighted by Gasteiger charge is -2.26. The number of allylic oxidation sites excluding steroid dienone is 2. The predicted molar refractivity (Wildman–Crippen MR) is 83.3 cm³/mol. The Morgan fingerprint density at radius 3 is 2.18 bits per heavy atom. The Kier molecular flexibility index (Phi) is 6.22. The van der Waals surface area contributed by atoms with Gasteiger partial charge >= 0.3 is 0 Å². The van der Waals surface area contributed by atoms with Gasteiger partial charge in [0, 0.05) is 0 Å². The highest BCUT2D eigenvalue weighted by Gasteiger charge is 2.21. The van der Waals surface area contributed by atoms with Gasteiger partial charge in [-0.1, -0.05) is 12.2 Å². The second-order valence-electron chi connectivity index (χ2n) is 5.74. The molecule has 1 fully saturated rings. The highest BCUT2D eigenvalue weighted by Crippen LogP contribution is 2.32. The third-order valence-corrected chi connectivity index (χ3v) is 4.14. The molecule has 1 aromatic carbocycles. The molecule has 1 saturated carbocycles. The Morgan fingerprint density at radius 1 is 1.05 bits per heavy atom. The molecule has 2 nitrogen and oxygen atoms in total. The molecule has 0 radical (unpaired) electrons. The van der Waals surface area contributed by atoms with Gasteiger partial charge < -0.3 is 9.47 Å². The summed E-state index contributed by atoms with van der Waals surface area (Å²) in [5.74, 6) is -0.975. The Labute approximate surface area is 131 Å². The first-order valence-electron chi connectivity index (χ1n) is 8.02. The van der Waals surface area contributed by atoms with E-state index < -0.39 is 11.6 Å². The fraction of sp³-hybridized carbons (Fsp3) is 0.556. The second kappa shape index (κ2) is 8.16. The highest BCUT2D eigenvalue weighted by atomic mass is 19.2. The third kappa shape index (κ3) is 4.21. The number of halogens is 2. The largest absolute Gasteiger partial charge is 0.491 e. The molecule has 2 rings (SSSR count). The molecule has 0 amide bonds. The van der Waals surface area contributed by atoms with Crippen LogP contribution in [-0.4, -0.2) is 13.2 Å². The molecule has 4 heteroatoms. The summed E-state index contributed by atoms with van der Waals surface area (Å²) in [6, 6.07) is 2.86. The number of hydrogen-bond donors (Lipinski definition) is 0. The second-order valence-corrected chi connectivity index (χ2v) is 5.74. The smallest absolute Gasteiger partial charge is 0.204 e. The summed E-state index contributed by atoms with van der Waals surface area (Å²) < 4.78 is 38.2. The van der Waals surface area contributed by atoms with Crippen molar-refractivity contribution in [2.45, 2.75) is 39.5 Å². The summed E-state index contributed by atoms with van der Waals surface area (Å²) in [5, 5.41) is 0. The van der Waals surface area contributed by atoms with Crippen LogP contribution in [0.3, 0.4) is 0 Å². The number of rotatable bonds is 6. The fourth-order valence-electron chi connectivity index (χ4n) is 2.92. The van der Waals surface area contributed by atoms with E-state index in [-0.39, 0.29) is 11.5 Å². The zero-order chi connectivity index (χ0) is 15.9. The lowest BCUT2D eigenvalue weighted by atomic mass is 9.82. The van der Waals surface area contributed by atoms with Crippen LogP contribution in [-0.2, 0) is 0 Å². The Balaban J connectivity index is 1.88. The van der Waals surface area contributed by atoms with Crippen LogP contribution < -0.4 is 9.47 Å². The molecule has 0 N–H and O–H groups in total. The molecule has 0 saturated heterocycles. The maximum Gasteiger partial charge on any atom is 0.204 e. The third-order valence-electron chi connectivity index (χ3n) is 4.14. The van der Waals surface area contributed by atoms with Gasteiger partial charge in [-0.3, -0.25) is 0 Å². The topological polar surface area (TPSA) is 18.5 Å². The first-order valence-corrected chi connectivity index (χ1v) is 8.02. The van der Waals surface area contributed by atoms with Gasteiger partial charge in [-0.05, 0) is 63.5 Å². The van der Waals surface area contributed by atoms with Gasteiger partial charge in [0.05, 0.1) is 13.2 Å². The standard InChI is InChI=1S/C18H24F2O2/c1-3-5-13-6-8-14(9-7-13)12-22-16-11-10-15(21-4-2)17(19)18(16)20/h3,5,10-11,13-14H,4,6-9,12H2,1-2H3/b5-3+/t13-,14-. The molecular formula is C18H24F2O2. The maximum atomic E-state index is 13.9. The number of ether oxygens (including phenoxy) is 2. The quantitative estimate of drug-likeness (QED) is 0.679. The van der Waals surface area contributed by atoms with Crippen LogP contribution in [0.2, 0.25) is 0 Å². The molecule has 122 valence electrons. The first-order chi connectivity index (χ1) is 10.7. The van der Waals surface area contributed by atoms with Crippen molar-refractivity contribution in [3.63, 3.8) is 0 Å². The van der Waals surface area contributed by atoms with E-state index in [1.165, 1.54) is 12.1 Å². The van der Waals surface area contributed by atoms with E-state index in [2.05, 4.69) is 12.2 Å². The average Bonchev–Trinajstić information content (AvgIpc) is 2.53. The summed E-state index contributed by atoms with van der Waals surface area (Å²) in [5.41, 5.74) is 0. The van der Waals surface area contributed by atoms with Crippen molar-refractivity contribution in [3.8, 4) is 11.5 Å². The fourth-order valence-corrected chi connectivity index (χ4v) is 2.92. The summed E-state index contributed by atoms with van der Waals surface area (Å²) in [6.45, 7) is 4.50. The van der Waals surface area contributed by atoms with Crippen molar-refractivity contribution >= 4 is 0 Å². The first kappa shape index (κ1) is 16.8. The monoisotopic (exact) mass is 310 g/mol. The van der Waals surface area contributed by atoms with E-state index in [0.29, 0.717) is 25.0 Å². The van der Waals surface area contributed by atoms with Gasteiger partial charge in [-0.15, -0.1) is 0 Å². The molecule has 0 aromatic heterocycles. The van der Waals surface area contributed by atoms with Gasteiger partial charge in [-0.2, -0.15) is 8.78 Å². The molecule has 1 aromatic rings. The van der Waals surface area contributed by atoms with Crippen LogP contribution >= 0.6 is 0 Å². The summed E-state index contributed by atoms with van der Waals surface area (Å²) >= 11 is 0. The maximum absolute atomic E-state index is 13.9. The molecule has 22 heavy (non-hydrogen) atoms. The lowest BCUT2D eigenvalue weighted by molar-refractivity contribution is 0.187. The minimum Gasteiger partial charge on any atom is -0.491 e. The van der Waals surface area contributed by atoms with Gasteiger partial charge in [-0.25, -0.2) is 0 Å². The van der Waals surface area contributed by atoms with Crippen LogP contribution in [0.15, 0.2) is 24.3 Å². The zero-order valence-electron chi connectivity index (χ0n) is 13.3. The Morgan fingerprint density at radius 2 is 1.64 bits per heavy atom. The Bertz CT molecular complexity index is 506. The van der Waals surface area contributed by atoms with Gasteiger partial charge in [0.1, 0.15) is 0 Å². The van der Waals surface area contributed by atoms with Crippen molar-refractivity contribution in [2.24, 2.45) is 11.8 Å². The van der Waals surface area contributed by atoms with Crippen LogP contribution in [0.1, 0.15) is 39.5 Å². The van der Waals surface area contributed by atoms with Crippen molar-refractivity contribution < 1.29 is 18.3 Å². The molecule has 1 aliphatic rings. The zero-order valence-corrected chi connectivity index (χ0v) is 13.3. The molecule has 0 heterocycles. The van der Waals surface area contributed by atoms with E-state index >= 15 is 0 Å². The van der Waals surface area contributed by atoms with Gasteiger partial charge in [0.15, 0.2) is 11.5 Å². The van der Waals surface area contributed by atoms with E-state index in [1.807, 2.05) is 6.92 Å². The summed E-state index contributed by atoms with van der Waals surface area (Å²) in [4.78, 5) is 0. The molecule has 0 spiro atoms. The average molecular weight is 310 g/mol. The van der Waals surface area contributed by atoms with Crippen molar-refractivity contribution in [1.29, 1.82) is 0 Å². The van der Waals surface area contributed by atoms with E-state index in [9.17, 15) is 8.78 Å². The predicted octanol–water partition coefficient (Wildman–Crippen LogP) is 5.12. The van der Waals surface area contributed by atoms with Crippen molar-refractivity contribution in [3.05, 3.63) is 35.9 Å². The minimum absolute atomic E-state index is 0.0310. The lowest BCUT2D eigenvalue weighted by Crippen LogP contribution is -2.19. The molecule has 0 unspecified atom stereocenters. The van der Waals surface area contributed by atoms with Gasteiger partial charge in [0.2, 0.25) is 11.6 Å². The van der Waals surface area contributed by atoms with Crippen LogP contribution in [0.5, 0.6) is 11.5 Å².